The molecule has 0 spiro atoms. The van der Waals surface area contributed by atoms with Gasteiger partial charge in [-0.25, -0.2) is 9.59 Å². The van der Waals surface area contributed by atoms with Gasteiger partial charge in [-0.15, -0.1) is 0 Å². The summed E-state index contributed by atoms with van der Waals surface area (Å²) in [5, 5.41) is 21.4. The Morgan fingerprint density at radius 1 is 1.26 bits per heavy atom. The zero-order valence-corrected chi connectivity index (χ0v) is 14.2. The van der Waals surface area contributed by atoms with Crippen LogP contribution in [0, 0.1) is 6.92 Å². The second kappa shape index (κ2) is 9.33. The third-order valence-corrected chi connectivity index (χ3v) is 4.18. The Balaban J connectivity index is 3.06. The van der Waals surface area contributed by atoms with Crippen molar-refractivity contribution in [3.63, 3.8) is 0 Å². The van der Waals surface area contributed by atoms with Crippen LogP contribution in [0.15, 0.2) is 0 Å². The third-order valence-electron chi connectivity index (χ3n) is 3.02. The van der Waals surface area contributed by atoms with E-state index in [9.17, 15) is 9.59 Å². The Kier molecular flexibility index (Phi) is 7.79. The van der Waals surface area contributed by atoms with Gasteiger partial charge >= 0.3 is 12.0 Å². The van der Waals surface area contributed by atoms with Gasteiger partial charge < -0.3 is 24.6 Å². The summed E-state index contributed by atoms with van der Waals surface area (Å²) in [7, 11) is 1.48. The minimum absolute atomic E-state index is 0.0720. The van der Waals surface area contributed by atoms with E-state index in [4.69, 9.17) is 19.7 Å². The van der Waals surface area contributed by atoms with Crippen LogP contribution in [-0.4, -0.2) is 67.1 Å². The molecule has 2 amide bonds. The summed E-state index contributed by atoms with van der Waals surface area (Å²) in [6, 6.07) is -0.525. The number of ether oxygens (including phenoxy) is 2. The number of esters is 1. The van der Waals surface area contributed by atoms with E-state index in [1.54, 1.807) is 13.8 Å². The van der Waals surface area contributed by atoms with Gasteiger partial charge in [0.1, 0.15) is 10.6 Å². The largest absolute Gasteiger partial charge is 0.487 e. The van der Waals surface area contributed by atoms with Crippen molar-refractivity contribution in [1.82, 2.24) is 4.90 Å². The highest BCUT2D eigenvalue weighted by Crippen LogP contribution is 2.39. The third kappa shape index (κ3) is 4.81. The summed E-state index contributed by atoms with van der Waals surface area (Å²) >= 11 is 1.12. The number of hydrogen-bond donors (Lipinski definition) is 3. The van der Waals surface area contributed by atoms with Crippen molar-refractivity contribution in [3.05, 3.63) is 11.1 Å². The molecule has 1 rings (SSSR count). The molecule has 0 bridgehead atoms. The first-order valence-corrected chi connectivity index (χ1v) is 7.93. The van der Waals surface area contributed by atoms with Gasteiger partial charge in [0, 0.05) is 18.7 Å². The van der Waals surface area contributed by atoms with Crippen LogP contribution in [0.4, 0.5) is 9.80 Å². The van der Waals surface area contributed by atoms with Crippen molar-refractivity contribution in [2.45, 2.75) is 13.8 Å². The summed E-state index contributed by atoms with van der Waals surface area (Å²) < 4.78 is 10.2. The molecule has 0 saturated carbocycles. The van der Waals surface area contributed by atoms with Gasteiger partial charge in [0.15, 0.2) is 5.06 Å². The van der Waals surface area contributed by atoms with Crippen LogP contribution < -0.4 is 10.1 Å². The van der Waals surface area contributed by atoms with Gasteiger partial charge in [0.2, 0.25) is 0 Å². The first-order valence-electron chi connectivity index (χ1n) is 7.12. The number of nitrogens with zero attached hydrogens (tertiary/aromatic N) is 1. The van der Waals surface area contributed by atoms with Crippen LogP contribution >= 0.6 is 11.3 Å². The lowest BCUT2D eigenvalue weighted by atomic mass is 10.2. The topological polar surface area (TPSA) is 108 Å². The fraction of sp³-hybridized carbons (Fsp3) is 0.571. The maximum absolute atomic E-state index is 12.2. The van der Waals surface area contributed by atoms with Crippen molar-refractivity contribution in [2.75, 3.05) is 45.3 Å². The number of amides is 2. The van der Waals surface area contributed by atoms with E-state index in [-0.39, 0.29) is 38.5 Å². The molecule has 0 saturated heterocycles. The highest BCUT2D eigenvalue weighted by molar-refractivity contribution is 7.18. The molecule has 0 aliphatic heterocycles. The molecule has 0 fully saturated rings. The van der Waals surface area contributed by atoms with Crippen LogP contribution in [0.5, 0.6) is 5.06 Å². The highest BCUT2D eigenvalue weighted by atomic mass is 32.1. The van der Waals surface area contributed by atoms with E-state index in [0.29, 0.717) is 15.6 Å². The molecule has 130 valence electrons. The number of methoxy groups -OCH3 is 1. The van der Waals surface area contributed by atoms with Crippen LogP contribution in [-0.2, 0) is 4.74 Å². The van der Waals surface area contributed by atoms with E-state index >= 15 is 0 Å². The summed E-state index contributed by atoms with van der Waals surface area (Å²) in [5.74, 6) is -0.546. The summed E-state index contributed by atoms with van der Waals surface area (Å²) in [4.78, 5) is 25.6. The van der Waals surface area contributed by atoms with Gasteiger partial charge in [-0.05, 0) is 13.8 Å². The average molecular weight is 346 g/mol. The number of urea groups is 1. The van der Waals surface area contributed by atoms with Gasteiger partial charge in [0.05, 0.1) is 26.9 Å². The van der Waals surface area contributed by atoms with Crippen molar-refractivity contribution < 1.29 is 29.3 Å². The van der Waals surface area contributed by atoms with Gasteiger partial charge in [-0.2, -0.15) is 0 Å². The Bertz CT molecular complexity index is 540. The molecule has 0 atom stereocenters. The minimum Gasteiger partial charge on any atom is -0.487 e. The number of aliphatic hydroxyl groups excluding tert-OH is 2. The SMILES string of the molecule is CCOC(=O)c1c(NC(=O)N(CCO)CCO)sc(OC)c1C. The molecule has 0 aliphatic carbocycles. The average Bonchev–Trinajstić information content (AvgIpc) is 2.83. The van der Waals surface area contributed by atoms with Crippen LogP contribution in [0.3, 0.4) is 0 Å². The van der Waals surface area contributed by atoms with Crippen LogP contribution in [0.2, 0.25) is 0 Å². The standard InChI is InChI=1S/C14H22N2O6S/c1-4-22-12(19)10-9(2)13(21-3)23-11(10)15-14(20)16(5-7-17)6-8-18/h17-18H,4-8H2,1-3H3,(H,15,20). The lowest BCUT2D eigenvalue weighted by Gasteiger charge is -2.20. The van der Waals surface area contributed by atoms with E-state index in [2.05, 4.69) is 5.32 Å². The predicted octanol–water partition coefficient (Wildman–Crippen LogP) is 1.06. The van der Waals surface area contributed by atoms with Crippen LogP contribution in [0.1, 0.15) is 22.8 Å². The first-order chi connectivity index (χ1) is 11.0. The zero-order chi connectivity index (χ0) is 17.4. The number of thiophene rings is 1. The molecule has 3 N–H and O–H groups in total. The quantitative estimate of drug-likeness (QED) is 0.608. The number of carbonyl (C=O) groups is 2. The lowest BCUT2D eigenvalue weighted by molar-refractivity contribution is 0.0527. The van der Waals surface area contributed by atoms with E-state index < -0.39 is 12.0 Å². The number of aliphatic hydroxyl groups is 2. The Hall–Kier alpha value is -1.84. The maximum atomic E-state index is 12.2. The van der Waals surface area contributed by atoms with Gasteiger partial charge in [0.25, 0.3) is 0 Å². The molecule has 1 heterocycles. The number of rotatable bonds is 8. The molecule has 0 unspecified atom stereocenters. The second-order valence-corrected chi connectivity index (χ2v) is 5.49. The molecule has 1 aromatic rings. The molecule has 8 nitrogen and oxygen atoms in total. The normalized spacial score (nSPS) is 10.3. The Morgan fingerprint density at radius 2 is 1.87 bits per heavy atom. The summed E-state index contributed by atoms with van der Waals surface area (Å²) in [5.41, 5.74) is 0.831. The fourth-order valence-electron chi connectivity index (χ4n) is 1.96. The molecule has 0 radical (unpaired) electrons. The Morgan fingerprint density at radius 3 is 2.35 bits per heavy atom. The summed E-state index contributed by atoms with van der Waals surface area (Å²) in [6.45, 7) is 3.29. The number of carbonyl (C=O) groups excluding carboxylic acids is 2. The minimum atomic E-state index is -0.546. The van der Waals surface area contributed by atoms with Crippen molar-refractivity contribution in [3.8, 4) is 5.06 Å². The van der Waals surface area contributed by atoms with Gasteiger partial charge in [-0.3, -0.25) is 5.32 Å². The van der Waals surface area contributed by atoms with Gasteiger partial charge in [-0.1, -0.05) is 11.3 Å². The van der Waals surface area contributed by atoms with E-state index in [0.717, 1.165) is 11.3 Å². The van der Waals surface area contributed by atoms with E-state index in [1.165, 1.54) is 12.0 Å². The predicted molar refractivity (Wildman–Crippen MR) is 86.3 cm³/mol. The van der Waals surface area contributed by atoms with E-state index in [1.807, 2.05) is 0 Å². The smallest absolute Gasteiger partial charge is 0.341 e. The van der Waals surface area contributed by atoms with Crippen molar-refractivity contribution in [1.29, 1.82) is 0 Å². The number of nitrogens with one attached hydrogen (secondary N) is 1. The monoisotopic (exact) mass is 346 g/mol. The number of anilines is 1. The number of hydrogen-bond acceptors (Lipinski definition) is 7. The Labute approximate surface area is 138 Å². The molecule has 0 aliphatic rings. The first kappa shape index (κ1) is 19.2. The van der Waals surface area contributed by atoms with Crippen LogP contribution in [0.25, 0.3) is 0 Å². The lowest BCUT2D eigenvalue weighted by Crippen LogP contribution is -2.39. The fourth-order valence-corrected chi connectivity index (χ4v) is 2.96. The molecule has 23 heavy (non-hydrogen) atoms. The molecular formula is C14H22N2O6S. The summed E-state index contributed by atoms with van der Waals surface area (Å²) in [6.07, 6.45) is 0. The highest BCUT2D eigenvalue weighted by Gasteiger charge is 2.25. The second-order valence-electron chi connectivity index (χ2n) is 4.51. The molecule has 9 heteroatoms. The molecule has 1 aromatic heterocycles. The molecule has 0 aromatic carbocycles. The molecular weight excluding hydrogens is 324 g/mol. The van der Waals surface area contributed by atoms with Crippen molar-refractivity contribution >= 4 is 28.3 Å². The zero-order valence-electron chi connectivity index (χ0n) is 13.4. The van der Waals surface area contributed by atoms with Crippen molar-refractivity contribution in [2.24, 2.45) is 0 Å². The maximum Gasteiger partial charge on any atom is 0.341 e.